The summed E-state index contributed by atoms with van der Waals surface area (Å²) in [6, 6.07) is 0. The van der Waals surface area contributed by atoms with Gasteiger partial charge < -0.3 is 9.84 Å². The molecule has 0 rings (SSSR count). The van der Waals surface area contributed by atoms with Gasteiger partial charge in [-0.1, -0.05) is 6.92 Å². The first-order valence-electron chi connectivity index (χ1n) is 4.24. The van der Waals surface area contributed by atoms with Crippen molar-refractivity contribution < 1.29 is 19.4 Å². The number of aliphatic hydroxyl groups excluding tert-OH is 1. The lowest BCUT2D eigenvalue weighted by molar-refractivity contribution is -0.149. The number of ketones is 1. The Labute approximate surface area is 77.9 Å². The summed E-state index contributed by atoms with van der Waals surface area (Å²) in [5, 5.41) is 8.99. The highest BCUT2D eigenvalue weighted by molar-refractivity contribution is 5.84. The molecule has 0 radical (unpaired) electrons. The van der Waals surface area contributed by atoms with Crippen LogP contribution in [0.2, 0.25) is 0 Å². The summed E-state index contributed by atoms with van der Waals surface area (Å²) in [7, 11) is 0. The van der Waals surface area contributed by atoms with Crippen LogP contribution >= 0.6 is 0 Å². The summed E-state index contributed by atoms with van der Waals surface area (Å²) in [6.45, 7) is 4.22. The molecule has 0 aromatic rings. The first-order chi connectivity index (χ1) is 5.96. The third-order valence-corrected chi connectivity index (χ3v) is 1.94. The normalized spacial score (nSPS) is 14.8. The fourth-order valence-corrected chi connectivity index (χ4v) is 0.902. The summed E-state index contributed by atoms with van der Waals surface area (Å²) in [6.07, 6.45) is 0.332. The van der Waals surface area contributed by atoms with E-state index in [9.17, 15) is 9.59 Å². The Morgan fingerprint density at radius 2 is 2.00 bits per heavy atom. The summed E-state index contributed by atoms with van der Waals surface area (Å²) in [5.41, 5.74) is -0.944. The molecule has 0 aromatic carbocycles. The fraction of sp³-hybridized carbons (Fsp3) is 0.778. The van der Waals surface area contributed by atoms with E-state index < -0.39 is 11.4 Å². The minimum atomic E-state index is -0.944. The third kappa shape index (κ3) is 3.55. The highest BCUT2D eigenvalue weighted by Crippen LogP contribution is 2.19. The van der Waals surface area contributed by atoms with Crippen LogP contribution in [0.4, 0.5) is 0 Å². The quantitative estimate of drug-likeness (QED) is 0.639. The summed E-state index contributed by atoms with van der Waals surface area (Å²) >= 11 is 0. The topological polar surface area (TPSA) is 63.6 Å². The number of Topliss-reactive ketones (excluding diaryl/α,β-unsaturated/α-hetero) is 1. The number of ether oxygens (including phenoxy) is 1. The zero-order chi connectivity index (χ0) is 10.5. The van der Waals surface area contributed by atoms with Crippen molar-refractivity contribution in [3.63, 3.8) is 0 Å². The van der Waals surface area contributed by atoms with Gasteiger partial charge in [0.1, 0.15) is 12.4 Å². The molecule has 0 aliphatic rings. The Morgan fingerprint density at radius 3 is 2.31 bits per heavy atom. The van der Waals surface area contributed by atoms with Crippen LogP contribution in [0.15, 0.2) is 0 Å². The number of esters is 1. The lowest BCUT2D eigenvalue weighted by atomic mass is 9.86. The van der Waals surface area contributed by atoms with Crippen LogP contribution in [-0.2, 0) is 14.3 Å². The van der Waals surface area contributed by atoms with Crippen LogP contribution in [0.5, 0.6) is 0 Å². The Kier molecular flexibility index (Phi) is 4.62. The van der Waals surface area contributed by atoms with Gasteiger partial charge >= 0.3 is 5.97 Å². The summed E-state index contributed by atoms with van der Waals surface area (Å²) < 4.78 is 4.70. The van der Waals surface area contributed by atoms with Crippen molar-refractivity contribution in [1.82, 2.24) is 0 Å². The lowest BCUT2D eigenvalue weighted by Gasteiger charge is -2.24. The zero-order valence-corrected chi connectivity index (χ0v) is 8.29. The molecule has 0 aliphatic carbocycles. The number of hydrogen-bond acceptors (Lipinski definition) is 4. The Balaban J connectivity index is 4.27. The second kappa shape index (κ2) is 4.97. The van der Waals surface area contributed by atoms with E-state index in [1.165, 1.54) is 6.92 Å². The van der Waals surface area contributed by atoms with Crippen LogP contribution in [0.1, 0.15) is 27.2 Å². The molecule has 4 nitrogen and oxygen atoms in total. The molecule has 0 aromatic heterocycles. The van der Waals surface area contributed by atoms with Crippen molar-refractivity contribution in [2.24, 2.45) is 5.41 Å². The van der Waals surface area contributed by atoms with Gasteiger partial charge in [-0.15, -0.1) is 0 Å². The van der Waals surface area contributed by atoms with E-state index in [0.717, 1.165) is 0 Å². The van der Waals surface area contributed by atoms with Crippen molar-refractivity contribution in [2.75, 3.05) is 13.2 Å². The highest BCUT2D eigenvalue weighted by atomic mass is 16.5. The lowest BCUT2D eigenvalue weighted by Crippen LogP contribution is -2.36. The van der Waals surface area contributed by atoms with Gasteiger partial charge in [-0.2, -0.15) is 0 Å². The number of carbonyl (C=O) groups is 2. The van der Waals surface area contributed by atoms with Crippen LogP contribution < -0.4 is 0 Å². The van der Waals surface area contributed by atoms with Crippen molar-refractivity contribution >= 4 is 11.8 Å². The second-order valence-electron chi connectivity index (χ2n) is 3.28. The molecular weight excluding hydrogens is 172 g/mol. The van der Waals surface area contributed by atoms with E-state index in [1.54, 1.807) is 13.8 Å². The molecule has 1 N–H and O–H groups in total. The Hall–Kier alpha value is -0.900. The van der Waals surface area contributed by atoms with Crippen LogP contribution in [0, 0.1) is 5.41 Å². The predicted molar refractivity (Wildman–Crippen MR) is 47.1 cm³/mol. The Bertz CT molecular complexity index is 200. The number of aliphatic hydroxyl groups is 1. The molecule has 1 atom stereocenters. The fourth-order valence-electron chi connectivity index (χ4n) is 0.902. The monoisotopic (exact) mass is 188 g/mol. The number of carbonyl (C=O) groups excluding carboxylic acids is 2. The molecular formula is C9H16O4. The van der Waals surface area contributed by atoms with E-state index in [-0.39, 0.29) is 19.0 Å². The van der Waals surface area contributed by atoms with Crippen molar-refractivity contribution in [1.29, 1.82) is 0 Å². The van der Waals surface area contributed by atoms with Gasteiger partial charge in [0.25, 0.3) is 0 Å². The van der Waals surface area contributed by atoms with Gasteiger partial charge in [0, 0.05) is 13.3 Å². The molecule has 0 saturated carbocycles. The third-order valence-electron chi connectivity index (χ3n) is 1.94. The molecule has 0 saturated heterocycles. The van der Waals surface area contributed by atoms with Crippen molar-refractivity contribution in [3.05, 3.63) is 0 Å². The average molecular weight is 188 g/mol. The molecule has 0 aliphatic heterocycles. The predicted octanol–water partition coefficient (Wildman–Crippen LogP) is 0.527. The molecule has 1 unspecified atom stereocenters. The van der Waals surface area contributed by atoms with Crippen molar-refractivity contribution in [3.8, 4) is 0 Å². The molecule has 13 heavy (non-hydrogen) atoms. The second-order valence-corrected chi connectivity index (χ2v) is 3.28. The molecule has 0 bridgehead atoms. The average Bonchev–Trinajstić information content (AvgIpc) is 2.12. The van der Waals surface area contributed by atoms with Gasteiger partial charge in [-0.05, 0) is 6.92 Å². The first-order valence-corrected chi connectivity index (χ1v) is 4.24. The van der Waals surface area contributed by atoms with E-state index in [4.69, 9.17) is 9.84 Å². The molecule has 4 heteroatoms. The van der Waals surface area contributed by atoms with Crippen LogP contribution in [0.25, 0.3) is 0 Å². The van der Waals surface area contributed by atoms with Crippen LogP contribution in [0.3, 0.4) is 0 Å². The smallest absolute Gasteiger partial charge is 0.302 e. The minimum absolute atomic E-state index is 0.0501. The van der Waals surface area contributed by atoms with Gasteiger partial charge in [-0.25, -0.2) is 0 Å². The minimum Gasteiger partial charge on any atom is -0.465 e. The number of rotatable bonds is 5. The highest BCUT2D eigenvalue weighted by Gasteiger charge is 2.32. The maximum atomic E-state index is 11.3. The maximum Gasteiger partial charge on any atom is 0.302 e. The standard InChI is InChI=1S/C9H16O4/c1-4-8(12)9(3,5-10)6-13-7(2)11/h10H,4-6H2,1-3H3. The molecule has 0 heterocycles. The van der Waals surface area contributed by atoms with Gasteiger partial charge in [-0.3, -0.25) is 9.59 Å². The van der Waals surface area contributed by atoms with Gasteiger partial charge in [0.15, 0.2) is 0 Å². The van der Waals surface area contributed by atoms with E-state index in [2.05, 4.69) is 0 Å². The first kappa shape index (κ1) is 12.1. The van der Waals surface area contributed by atoms with Gasteiger partial charge in [0.05, 0.1) is 12.0 Å². The SMILES string of the molecule is CCC(=O)C(C)(CO)COC(C)=O. The summed E-state index contributed by atoms with van der Waals surface area (Å²) in [5.74, 6) is -0.542. The van der Waals surface area contributed by atoms with Crippen LogP contribution in [-0.4, -0.2) is 30.1 Å². The number of hydrogen-bond donors (Lipinski definition) is 1. The largest absolute Gasteiger partial charge is 0.465 e. The van der Waals surface area contributed by atoms with E-state index >= 15 is 0 Å². The molecule has 0 spiro atoms. The zero-order valence-electron chi connectivity index (χ0n) is 8.29. The summed E-state index contributed by atoms with van der Waals surface area (Å²) in [4.78, 5) is 21.8. The maximum absolute atomic E-state index is 11.3. The molecule has 76 valence electrons. The molecule has 0 fully saturated rings. The Morgan fingerprint density at radius 1 is 1.46 bits per heavy atom. The van der Waals surface area contributed by atoms with E-state index in [0.29, 0.717) is 6.42 Å². The van der Waals surface area contributed by atoms with E-state index in [1.807, 2.05) is 0 Å². The van der Waals surface area contributed by atoms with Gasteiger partial charge in [0.2, 0.25) is 0 Å². The van der Waals surface area contributed by atoms with Crippen molar-refractivity contribution in [2.45, 2.75) is 27.2 Å². The molecule has 0 amide bonds.